The number of aromatic nitrogens is 6. The van der Waals surface area contributed by atoms with Crippen molar-refractivity contribution in [2.24, 2.45) is 7.05 Å². The van der Waals surface area contributed by atoms with Crippen LogP contribution < -0.4 is 10.3 Å². The average molecular weight is 523 g/mol. The van der Waals surface area contributed by atoms with Crippen LogP contribution in [0.1, 0.15) is 48.1 Å². The molecule has 0 atom stereocenters. The number of hydrogen-bond acceptors (Lipinski definition) is 6. The van der Waals surface area contributed by atoms with Gasteiger partial charge in [-0.2, -0.15) is 5.10 Å². The van der Waals surface area contributed by atoms with Crippen molar-refractivity contribution in [2.45, 2.75) is 47.1 Å². The number of pyridine rings is 2. The lowest BCUT2D eigenvalue weighted by atomic mass is 10.1. The molecule has 0 saturated heterocycles. The average Bonchev–Trinajstić information content (AvgIpc) is 3.23. The predicted molar refractivity (Wildman–Crippen MR) is 134 cm³/mol. The van der Waals surface area contributed by atoms with Gasteiger partial charge >= 0.3 is 0 Å². The summed E-state index contributed by atoms with van der Waals surface area (Å²) in [4.78, 5) is 27.1. The van der Waals surface area contributed by atoms with Gasteiger partial charge in [-0.15, -0.1) is 0 Å². The molecule has 0 saturated carbocycles. The van der Waals surface area contributed by atoms with Crippen LogP contribution in [0, 0.1) is 20.8 Å². The van der Waals surface area contributed by atoms with Crippen molar-refractivity contribution in [3.8, 4) is 22.8 Å². The van der Waals surface area contributed by atoms with Gasteiger partial charge in [0.05, 0.1) is 22.8 Å². The third-order valence-corrected chi connectivity index (χ3v) is 6.39. The molecule has 4 aromatic heterocycles. The number of ether oxygens (including phenoxy) is 1. The van der Waals surface area contributed by atoms with Crippen molar-refractivity contribution < 1.29 is 4.74 Å². The van der Waals surface area contributed by atoms with Gasteiger partial charge in [-0.25, -0.2) is 9.97 Å². The quantitative estimate of drug-likeness (QED) is 0.361. The number of nitrogens with zero attached hydrogens (tertiary/aromatic N) is 6. The maximum Gasteiger partial charge on any atom is 0.273 e. The molecule has 9 heteroatoms. The molecule has 0 radical (unpaired) electrons. The summed E-state index contributed by atoms with van der Waals surface area (Å²) in [6, 6.07) is 5.59. The first kappa shape index (κ1) is 23.8. The van der Waals surface area contributed by atoms with E-state index in [1.54, 1.807) is 15.4 Å². The molecule has 0 N–H and O–H groups in total. The smallest absolute Gasteiger partial charge is 0.273 e. The van der Waals surface area contributed by atoms with Crippen molar-refractivity contribution >= 4 is 15.9 Å². The lowest BCUT2D eigenvalue weighted by Crippen LogP contribution is -2.23. The van der Waals surface area contributed by atoms with E-state index >= 15 is 0 Å². The van der Waals surface area contributed by atoms with E-state index in [-0.39, 0.29) is 18.1 Å². The second kappa shape index (κ2) is 9.50. The van der Waals surface area contributed by atoms with Crippen LogP contribution in [-0.4, -0.2) is 29.3 Å². The van der Waals surface area contributed by atoms with Crippen LogP contribution in [0.5, 0.6) is 5.75 Å². The summed E-state index contributed by atoms with van der Waals surface area (Å²) < 4.78 is 9.75. The number of hydrogen-bond donors (Lipinski definition) is 0. The molecule has 0 aromatic carbocycles. The van der Waals surface area contributed by atoms with Gasteiger partial charge in [-0.05, 0) is 60.5 Å². The summed E-state index contributed by atoms with van der Waals surface area (Å²) in [6.45, 7) is 10.2. The molecule has 0 amide bonds. The highest BCUT2D eigenvalue weighted by molar-refractivity contribution is 9.10. The van der Waals surface area contributed by atoms with E-state index in [0.717, 1.165) is 34.0 Å². The predicted octanol–water partition coefficient (Wildman–Crippen LogP) is 4.81. The first-order chi connectivity index (χ1) is 16.2. The SMILES string of the molecule is Cc1cnc(C(C)C)nc1-c1cc(-n2c(C)c(C)c(OCc3ccn(C)n3)c(Br)c2=O)ccn1. The molecule has 8 nitrogen and oxygen atoms in total. The van der Waals surface area contributed by atoms with E-state index < -0.39 is 0 Å². The molecule has 0 unspecified atom stereocenters. The Morgan fingerprint density at radius 3 is 2.59 bits per heavy atom. The summed E-state index contributed by atoms with van der Waals surface area (Å²) in [5.74, 6) is 1.48. The van der Waals surface area contributed by atoms with Gasteiger partial charge < -0.3 is 4.74 Å². The molecule has 176 valence electrons. The topological polar surface area (TPSA) is 87.7 Å². The van der Waals surface area contributed by atoms with E-state index in [0.29, 0.717) is 21.6 Å². The van der Waals surface area contributed by atoms with Gasteiger partial charge in [-0.3, -0.25) is 19.0 Å². The third-order valence-electron chi connectivity index (χ3n) is 5.69. The number of rotatable bonds is 6. The van der Waals surface area contributed by atoms with Gasteiger partial charge in [0, 0.05) is 42.8 Å². The Hall–Kier alpha value is -3.33. The van der Waals surface area contributed by atoms with E-state index in [2.05, 4.69) is 44.8 Å². The van der Waals surface area contributed by atoms with E-state index in [1.165, 1.54) is 0 Å². The molecule has 0 fully saturated rings. The van der Waals surface area contributed by atoms with Crippen molar-refractivity contribution in [2.75, 3.05) is 0 Å². The maximum atomic E-state index is 13.4. The van der Waals surface area contributed by atoms with Crippen LogP contribution in [-0.2, 0) is 13.7 Å². The van der Waals surface area contributed by atoms with Crippen molar-refractivity contribution in [3.05, 3.63) is 80.0 Å². The highest BCUT2D eigenvalue weighted by atomic mass is 79.9. The monoisotopic (exact) mass is 522 g/mol. The zero-order valence-electron chi connectivity index (χ0n) is 20.1. The molecule has 0 aliphatic rings. The molecule has 4 aromatic rings. The summed E-state index contributed by atoms with van der Waals surface area (Å²) in [5.41, 5.74) is 5.30. The second-order valence-electron chi connectivity index (χ2n) is 8.58. The Labute approximate surface area is 206 Å². The van der Waals surface area contributed by atoms with Crippen LogP contribution in [0.25, 0.3) is 17.1 Å². The lowest BCUT2D eigenvalue weighted by molar-refractivity contribution is 0.294. The molecule has 4 rings (SSSR count). The highest BCUT2D eigenvalue weighted by Crippen LogP contribution is 2.31. The fraction of sp³-hybridized carbons (Fsp3) is 0.320. The standard InChI is InChI=1S/C25H27BrN6O2/c1-14(2)24-28-12-15(3)22(29-24)20-11-19(7-9-27-20)32-17(5)16(4)23(21(26)25(32)33)34-13-18-8-10-31(6)30-18/h7-12,14H,13H2,1-6H3. The lowest BCUT2D eigenvalue weighted by Gasteiger charge is -2.18. The molecular weight excluding hydrogens is 496 g/mol. The van der Waals surface area contributed by atoms with Crippen LogP contribution >= 0.6 is 15.9 Å². The Balaban J connectivity index is 1.76. The number of aryl methyl sites for hydroxylation is 2. The highest BCUT2D eigenvalue weighted by Gasteiger charge is 2.19. The van der Waals surface area contributed by atoms with E-state index in [1.807, 2.05) is 58.4 Å². The maximum absolute atomic E-state index is 13.4. The fourth-order valence-electron chi connectivity index (χ4n) is 3.69. The minimum Gasteiger partial charge on any atom is -0.485 e. The van der Waals surface area contributed by atoms with E-state index in [9.17, 15) is 4.79 Å². The zero-order valence-corrected chi connectivity index (χ0v) is 21.7. The van der Waals surface area contributed by atoms with Crippen LogP contribution in [0.3, 0.4) is 0 Å². The van der Waals surface area contributed by atoms with Gasteiger partial charge in [-0.1, -0.05) is 13.8 Å². The first-order valence-corrected chi connectivity index (χ1v) is 11.8. The zero-order chi connectivity index (χ0) is 24.6. The van der Waals surface area contributed by atoms with Gasteiger partial charge in [0.1, 0.15) is 22.7 Å². The van der Waals surface area contributed by atoms with E-state index in [4.69, 9.17) is 9.72 Å². The fourth-order valence-corrected chi connectivity index (χ4v) is 4.28. The minimum absolute atomic E-state index is 0.199. The van der Waals surface area contributed by atoms with Crippen molar-refractivity contribution in [3.63, 3.8) is 0 Å². The Morgan fingerprint density at radius 1 is 1.15 bits per heavy atom. The van der Waals surface area contributed by atoms with Crippen molar-refractivity contribution in [1.82, 2.24) is 29.3 Å². The Kier molecular flexibility index (Phi) is 6.65. The van der Waals surface area contributed by atoms with Crippen LogP contribution in [0.15, 0.2) is 46.1 Å². The molecule has 34 heavy (non-hydrogen) atoms. The molecule has 0 bridgehead atoms. The molecule has 4 heterocycles. The first-order valence-electron chi connectivity index (χ1n) is 11.0. The minimum atomic E-state index is -0.210. The molecule has 0 aliphatic heterocycles. The van der Waals surface area contributed by atoms with Gasteiger partial charge in [0.2, 0.25) is 0 Å². The van der Waals surface area contributed by atoms with Crippen LogP contribution in [0.4, 0.5) is 0 Å². The second-order valence-corrected chi connectivity index (χ2v) is 9.37. The molecule has 0 spiro atoms. The summed E-state index contributed by atoms with van der Waals surface area (Å²) in [5, 5.41) is 4.33. The largest absolute Gasteiger partial charge is 0.485 e. The summed E-state index contributed by atoms with van der Waals surface area (Å²) in [6.07, 6.45) is 5.37. The Morgan fingerprint density at radius 2 is 1.91 bits per heavy atom. The summed E-state index contributed by atoms with van der Waals surface area (Å²) in [7, 11) is 1.85. The number of halogens is 1. The summed E-state index contributed by atoms with van der Waals surface area (Å²) >= 11 is 3.47. The van der Waals surface area contributed by atoms with Crippen molar-refractivity contribution in [1.29, 1.82) is 0 Å². The van der Waals surface area contributed by atoms with Gasteiger partial charge in [0.25, 0.3) is 5.56 Å². The third kappa shape index (κ3) is 4.52. The van der Waals surface area contributed by atoms with Crippen LogP contribution in [0.2, 0.25) is 0 Å². The molecular formula is C25H27BrN6O2. The van der Waals surface area contributed by atoms with Gasteiger partial charge in [0.15, 0.2) is 0 Å². The Bertz CT molecular complexity index is 1420. The normalized spacial score (nSPS) is 11.3. The molecule has 0 aliphatic carbocycles.